The molecule has 2 aromatic rings. The SMILES string of the molecule is CC[C@@H](C(=O)Nc1cccnc1)c1ccccc1. The van der Waals surface area contributed by atoms with E-state index < -0.39 is 0 Å². The molecule has 1 N–H and O–H groups in total. The maximum absolute atomic E-state index is 12.2. The molecule has 0 unspecified atom stereocenters. The number of anilines is 1. The summed E-state index contributed by atoms with van der Waals surface area (Å²) in [6.07, 6.45) is 4.11. The van der Waals surface area contributed by atoms with Crippen LogP contribution in [0.5, 0.6) is 0 Å². The fourth-order valence-electron chi connectivity index (χ4n) is 1.92. The summed E-state index contributed by atoms with van der Waals surface area (Å²) < 4.78 is 0. The van der Waals surface area contributed by atoms with Gasteiger partial charge in [0.15, 0.2) is 0 Å². The van der Waals surface area contributed by atoms with E-state index in [1.165, 1.54) is 0 Å². The van der Waals surface area contributed by atoms with Crippen molar-refractivity contribution < 1.29 is 4.79 Å². The molecule has 92 valence electrons. The van der Waals surface area contributed by atoms with E-state index in [4.69, 9.17) is 0 Å². The third-order valence-electron chi connectivity index (χ3n) is 2.86. The molecule has 18 heavy (non-hydrogen) atoms. The van der Waals surface area contributed by atoms with Crippen LogP contribution in [0, 0.1) is 0 Å². The number of rotatable bonds is 4. The summed E-state index contributed by atoms with van der Waals surface area (Å²) in [5.41, 5.74) is 1.78. The van der Waals surface area contributed by atoms with Crippen LogP contribution in [0.2, 0.25) is 0 Å². The lowest BCUT2D eigenvalue weighted by Gasteiger charge is -2.15. The molecule has 0 bridgehead atoms. The second kappa shape index (κ2) is 5.96. The van der Waals surface area contributed by atoms with Crippen molar-refractivity contribution in [3.05, 3.63) is 60.4 Å². The summed E-state index contributed by atoms with van der Waals surface area (Å²) in [6.45, 7) is 2.01. The first-order valence-electron chi connectivity index (χ1n) is 6.07. The minimum absolute atomic E-state index is 0.0108. The Morgan fingerprint density at radius 3 is 2.61 bits per heavy atom. The third kappa shape index (κ3) is 2.94. The van der Waals surface area contributed by atoms with Crippen LogP contribution in [0.15, 0.2) is 54.9 Å². The number of aromatic nitrogens is 1. The molecule has 0 aliphatic carbocycles. The van der Waals surface area contributed by atoms with Crippen LogP contribution in [0.3, 0.4) is 0 Å². The Labute approximate surface area is 107 Å². The van der Waals surface area contributed by atoms with E-state index in [2.05, 4.69) is 10.3 Å². The second-order valence-electron chi connectivity index (χ2n) is 4.10. The van der Waals surface area contributed by atoms with Gasteiger partial charge in [0.1, 0.15) is 0 Å². The molecule has 0 aliphatic heterocycles. The molecule has 3 nitrogen and oxygen atoms in total. The van der Waals surface area contributed by atoms with Gasteiger partial charge in [-0.2, -0.15) is 0 Å². The highest BCUT2D eigenvalue weighted by Gasteiger charge is 2.18. The highest BCUT2D eigenvalue weighted by atomic mass is 16.1. The Bertz CT molecular complexity index is 496. The predicted octanol–water partition coefficient (Wildman–Crippen LogP) is 3.21. The molecule has 0 aliphatic rings. The lowest BCUT2D eigenvalue weighted by Crippen LogP contribution is -2.20. The zero-order valence-corrected chi connectivity index (χ0v) is 10.3. The van der Waals surface area contributed by atoms with Crippen LogP contribution in [0.1, 0.15) is 24.8 Å². The fourth-order valence-corrected chi connectivity index (χ4v) is 1.92. The molecule has 0 radical (unpaired) electrons. The molecule has 0 saturated carbocycles. The zero-order valence-electron chi connectivity index (χ0n) is 10.3. The molecule has 1 heterocycles. The van der Waals surface area contributed by atoms with Crippen molar-refractivity contribution in [1.29, 1.82) is 0 Å². The van der Waals surface area contributed by atoms with Gasteiger partial charge in [-0.25, -0.2) is 0 Å². The second-order valence-corrected chi connectivity index (χ2v) is 4.10. The van der Waals surface area contributed by atoms with E-state index in [1.807, 2.05) is 43.3 Å². The van der Waals surface area contributed by atoms with Crippen molar-refractivity contribution in [3.63, 3.8) is 0 Å². The van der Waals surface area contributed by atoms with Gasteiger partial charge in [0.05, 0.1) is 17.8 Å². The van der Waals surface area contributed by atoms with Crippen LogP contribution < -0.4 is 5.32 Å². The summed E-state index contributed by atoms with van der Waals surface area (Å²) in [7, 11) is 0. The highest BCUT2D eigenvalue weighted by molar-refractivity contribution is 5.95. The predicted molar refractivity (Wildman–Crippen MR) is 72.3 cm³/mol. The number of carbonyl (C=O) groups excluding carboxylic acids is 1. The van der Waals surface area contributed by atoms with Crippen molar-refractivity contribution in [2.45, 2.75) is 19.3 Å². The van der Waals surface area contributed by atoms with E-state index in [0.29, 0.717) is 0 Å². The van der Waals surface area contributed by atoms with Crippen LogP contribution in [0.4, 0.5) is 5.69 Å². The lowest BCUT2D eigenvalue weighted by atomic mass is 9.95. The molecule has 1 aromatic heterocycles. The Balaban J connectivity index is 2.12. The normalized spacial score (nSPS) is 11.8. The average Bonchev–Trinajstić information content (AvgIpc) is 2.42. The zero-order chi connectivity index (χ0) is 12.8. The van der Waals surface area contributed by atoms with Crippen molar-refractivity contribution in [2.24, 2.45) is 0 Å². The van der Waals surface area contributed by atoms with Gasteiger partial charge in [-0.05, 0) is 24.1 Å². The summed E-state index contributed by atoms with van der Waals surface area (Å²) in [6, 6.07) is 13.5. The first-order chi connectivity index (χ1) is 8.81. The third-order valence-corrected chi connectivity index (χ3v) is 2.86. The molecule has 1 amide bonds. The molecule has 3 heteroatoms. The number of carbonyl (C=O) groups is 1. The monoisotopic (exact) mass is 240 g/mol. The Hall–Kier alpha value is -2.16. The highest BCUT2D eigenvalue weighted by Crippen LogP contribution is 2.21. The number of hydrogen-bond acceptors (Lipinski definition) is 2. The topological polar surface area (TPSA) is 42.0 Å². The van der Waals surface area contributed by atoms with E-state index in [9.17, 15) is 4.79 Å². The van der Waals surface area contributed by atoms with Gasteiger partial charge in [-0.3, -0.25) is 9.78 Å². The number of nitrogens with zero attached hydrogens (tertiary/aromatic N) is 1. The molecule has 0 saturated heterocycles. The summed E-state index contributed by atoms with van der Waals surface area (Å²) in [5, 5.41) is 2.89. The van der Waals surface area contributed by atoms with Gasteiger partial charge in [0.25, 0.3) is 0 Å². The summed E-state index contributed by atoms with van der Waals surface area (Å²) >= 11 is 0. The van der Waals surface area contributed by atoms with Gasteiger partial charge in [-0.1, -0.05) is 37.3 Å². The van der Waals surface area contributed by atoms with Gasteiger partial charge in [0, 0.05) is 6.20 Å². The van der Waals surface area contributed by atoms with Crippen molar-refractivity contribution >= 4 is 11.6 Å². The summed E-state index contributed by atoms with van der Waals surface area (Å²) in [4.78, 5) is 16.2. The largest absolute Gasteiger partial charge is 0.324 e. The van der Waals surface area contributed by atoms with E-state index in [-0.39, 0.29) is 11.8 Å². The van der Waals surface area contributed by atoms with Crippen molar-refractivity contribution in [2.75, 3.05) is 5.32 Å². The van der Waals surface area contributed by atoms with Gasteiger partial charge < -0.3 is 5.32 Å². The van der Waals surface area contributed by atoms with Gasteiger partial charge in [0.2, 0.25) is 5.91 Å². The van der Waals surface area contributed by atoms with E-state index in [0.717, 1.165) is 17.7 Å². The van der Waals surface area contributed by atoms with Crippen molar-refractivity contribution in [3.8, 4) is 0 Å². The number of benzene rings is 1. The molecule has 1 atom stereocenters. The maximum Gasteiger partial charge on any atom is 0.231 e. The first-order valence-corrected chi connectivity index (χ1v) is 6.07. The number of pyridine rings is 1. The molecule has 0 spiro atoms. The van der Waals surface area contributed by atoms with E-state index >= 15 is 0 Å². The number of nitrogens with one attached hydrogen (secondary N) is 1. The first kappa shape index (κ1) is 12.3. The molecule has 1 aromatic carbocycles. The van der Waals surface area contributed by atoms with Crippen LogP contribution in [0.25, 0.3) is 0 Å². The van der Waals surface area contributed by atoms with Crippen LogP contribution >= 0.6 is 0 Å². The molecule has 2 rings (SSSR count). The molecular formula is C15H16N2O. The summed E-state index contributed by atoms with van der Waals surface area (Å²) in [5.74, 6) is -0.108. The lowest BCUT2D eigenvalue weighted by molar-refractivity contribution is -0.117. The Kier molecular flexibility index (Phi) is 4.07. The van der Waals surface area contributed by atoms with E-state index in [1.54, 1.807) is 18.5 Å². The quantitative estimate of drug-likeness (QED) is 0.891. The smallest absolute Gasteiger partial charge is 0.231 e. The maximum atomic E-state index is 12.2. The molecule has 0 fully saturated rings. The Morgan fingerprint density at radius 2 is 2.00 bits per heavy atom. The minimum Gasteiger partial charge on any atom is -0.324 e. The average molecular weight is 240 g/mol. The number of hydrogen-bond donors (Lipinski definition) is 1. The van der Waals surface area contributed by atoms with Gasteiger partial charge >= 0.3 is 0 Å². The van der Waals surface area contributed by atoms with Crippen LogP contribution in [-0.4, -0.2) is 10.9 Å². The Morgan fingerprint density at radius 1 is 1.22 bits per heavy atom. The molecular weight excluding hydrogens is 224 g/mol. The number of amides is 1. The van der Waals surface area contributed by atoms with Crippen LogP contribution in [-0.2, 0) is 4.79 Å². The van der Waals surface area contributed by atoms with Crippen molar-refractivity contribution in [1.82, 2.24) is 4.98 Å². The van der Waals surface area contributed by atoms with Gasteiger partial charge in [-0.15, -0.1) is 0 Å². The standard InChI is InChI=1S/C15H16N2O/c1-2-14(12-7-4-3-5-8-12)15(18)17-13-9-6-10-16-11-13/h3-11,14H,2H2,1H3,(H,17,18)/t14-/m1/s1. The minimum atomic E-state index is -0.119. The fraction of sp³-hybridized carbons (Fsp3) is 0.200.